The quantitative estimate of drug-likeness (QED) is 0.599. The molecule has 3 nitrogen and oxygen atoms in total. The molecule has 1 aromatic heterocycles. The lowest BCUT2D eigenvalue weighted by molar-refractivity contribution is 0.104. The Morgan fingerprint density at radius 1 is 1.41 bits per heavy atom. The molecule has 2 rings (SSSR count). The number of aryl methyl sites for hydroxylation is 1. The molecule has 0 aliphatic heterocycles. The lowest BCUT2D eigenvalue weighted by Crippen LogP contribution is -1.92. The van der Waals surface area contributed by atoms with Crippen molar-refractivity contribution >= 4 is 11.9 Å². The van der Waals surface area contributed by atoms with Gasteiger partial charge in [-0.15, -0.1) is 0 Å². The minimum Gasteiger partial charge on any atom is -0.289 e. The number of hydrogen-bond acceptors (Lipinski definition) is 2. The topological polar surface area (TPSA) is 34.9 Å². The van der Waals surface area contributed by atoms with E-state index in [4.69, 9.17) is 0 Å². The monoisotopic (exact) mass is 230 g/mol. The molecular weight excluding hydrogens is 219 g/mol. The SMILES string of the molecule is Cn1cc(C(=O)/C=C\c2ccccc2F)cn1. The van der Waals surface area contributed by atoms with Gasteiger partial charge in [0.2, 0.25) is 0 Å². The molecule has 0 atom stereocenters. The van der Waals surface area contributed by atoms with Crippen molar-refractivity contribution in [2.24, 2.45) is 7.05 Å². The molecule has 4 heteroatoms. The van der Waals surface area contributed by atoms with Crippen LogP contribution in [0.2, 0.25) is 0 Å². The first-order valence-electron chi connectivity index (χ1n) is 5.12. The zero-order chi connectivity index (χ0) is 12.3. The molecule has 0 aliphatic carbocycles. The Labute approximate surface area is 98.2 Å². The van der Waals surface area contributed by atoms with Gasteiger partial charge in [-0.1, -0.05) is 18.2 Å². The van der Waals surface area contributed by atoms with Crippen LogP contribution in [0, 0.1) is 5.82 Å². The zero-order valence-electron chi connectivity index (χ0n) is 9.30. The summed E-state index contributed by atoms with van der Waals surface area (Å²) < 4.78 is 14.8. The lowest BCUT2D eigenvalue weighted by atomic mass is 10.1. The van der Waals surface area contributed by atoms with Crippen molar-refractivity contribution in [1.82, 2.24) is 9.78 Å². The maximum absolute atomic E-state index is 13.3. The van der Waals surface area contributed by atoms with E-state index in [1.54, 1.807) is 36.1 Å². The highest BCUT2D eigenvalue weighted by Gasteiger charge is 2.04. The smallest absolute Gasteiger partial charge is 0.189 e. The Balaban J connectivity index is 2.17. The molecule has 1 heterocycles. The van der Waals surface area contributed by atoms with Crippen molar-refractivity contribution in [3.05, 3.63) is 59.7 Å². The summed E-state index contributed by atoms with van der Waals surface area (Å²) in [6.45, 7) is 0. The average Bonchev–Trinajstić information content (AvgIpc) is 2.74. The van der Waals surface area contributed by atoms with Crippen molar-refractivity contribution in [2.45, 2.75) is 0 Å². The highest BCUT2D eigenvalue weighted by atomic mass is 19.1. The highest BCUT2D eigenvalue weighted by molar-refractivity contribution is 6.06. The molecule has 0 fully saturated rings. The van der Waals surface area contributed by atoms with Crippen LogP contribution < -0.4 is 0 Å². The highest BCUT2D eigenvalue weighted by Crippen LogP contribution is 2.09. The zero-order valence-corrected chi connectivity index (χ0v) is 9.30. The second-order valence-corrected chi connectivity index (χ2v) is 3.62. The van der Waals surface area contributed by atoms with Gasteiger partial charge in [0.1, 0.15) is 5.82 Å². The van der Waals surface area contributed by atoms with Crippen LogP contribution in [0.1, 0.15) is 15.9 Å². The number of hydrogen-bond donors (Lipinski definition) is 0. The third kappa shape index (κ3) is 2.66. The van der Waals surface area contributed by atoms with Gasteiger partial charge < -0.3 is 0 Å². The first-order chi connectivity index (χ1) is 8.16. The van der Waals surface area contributed by atoms with Crippen LogP contribution in [-0.2, 0) is 7.05 Å². The third-order valence-electron chi connectivity index (χ3n) is 2.31. The van der Waals surface area contributed by atoms with Crippen LogP contribution in [0.5, 0.6) is 0 Å². The van der Waals surface area contributed by atoms with Gasteiger partial charge in [0.25, 0.3) is 0 Å². The minimum atomic E-state index is -0.345. The summed E-state index contributed by atoms with van der Waals surface area (Å²) in [6.07, 6.45) is 5.90. The second-order valence-electron chi connectivity index (χ2n) is 3.62. The molecule has 2 aromatic rings. The first-order valence-corrected chi connectivity index (χ1v) is 5.12. The number of aromatic nitrogens is 2. The first kappa shape index (κ1) is 11.3. The molecule has 0 spiro atoms. The molecule has 0 N–H and O–H groups in total. The van der Waals surface area contributed by atoms with E-state index < -0.39 is 0 Å². The molecule has 0 aliphatic rings. The second kappa shape index (κ2) is 4.74. The fraction of sp³-hybridized carbons (Fsp3) is 0.0769. The summed E-state index contributed by atoms with van der Waals surface area (Å²) in [4.78, 5) is 11.7. The van der Waals surface area contributed by atoms with Gasteiger partial charge in [0.15, 0.2) is 5.78 Å². The molecule has 0 unspecified atom stereocenters. The van der Waals surface area contributed by atoms with Crippen LogP contribution in [-0.4, -0.2) is 15.6 Å². The summed E-state index contributed by atoms with van der Waals surface area (Å²) in [5.41, 5.74) is 0.879. The summed E-state index contributed by atoms with van der Waals surface area (Å²) in [7, 11) is 1.73. The molecule has 0 radical (unpaired) electrons. The number of carbonyl (C=O) groups excluding carboxylic acids is 1. The van der Waals surface area contributed by atoms with Crippen molar-refractivity contribution < 1.29 is 9.18 Å². The van der Waals surface area contributed by atoms with E-state index in [2.05, 4.69) is 5.10 Å². The van der Waals surface area contributed by atoms with Gasteiger partial charge in [-0.2, -0.15) is 5.10 Å². The maximum atomic E-state index is 13.3. The van der Waals surface area contributed by atoms with Gasteiger partial charge >= 0.3 is 0 Å². The number of nitrogens with zero attached hydrogens (tertiary/aromatic N) is 2. The van der Waals surface area contributed by atoms with E-state index in [-0.39, 0.29) is 11.6 Å². The lowest BCUT2D eigenvalue weighted by Gasteiger charge is -1.94. The standard InChI is InChI=1S/C13H11FN2O/c1-16-9-11(8-15-16)13(17)7-6-10-4-2-3-5-12(10)14/h2-9H,1H3/b7-6-. The molecule has 1 aromatic carbocycles. The molecule has 0 bridgehead atoms. The molecule has 17 heavy (non-hydrogen) atoms. The van der Waals surface area contributed by atoms with Gasteiger partial charge in [0.05, 0.1) is 11.8 Å². The fourth-order valence-electron chi connectivity index (χ4n) is 1.42. The van der Waals surface area contributed by atoms with Crippen molar-refractivity contribution in [3.8, 4) is 0 Å². The molecular formula is C13H11FN2O. The van der Waals surface area contributed by atoms with Gasteiger partial charge in [0, 0.05) is 18.8 Å². The Bertz CT molecular complexity index is 572. The summed E-state index contributed by atoms with van der Waals surface area (Å²) >= 11 is 0. The normalized spacial score (nSPS) is 10.9. The molecule has 0 saturated heterocycles. The molecule has 86 valence electrons. The van der Waals surface area contributed by atoms with Crippen molar-refractivity contribution in [3.63, 3.8) is 0 Å². The summed E-state index contributed by atoms with van der Waals surface area (Å²) in [5.74, 6) is -0.538. The van der Waals surface area contributed by atoms with Gasteiger partial charge in [-0.25, -0.2) is 4.39 Å². The largest absolute Gasteiger partial charge is 0.289 e. The van der Waals surface area contributed by atoms with Crippen LogP contribution in [0.3, 0.4) is 0 Å². The van der Waals surface area contributed by atoms with E-state index in [0.29, 0.717) is 11.1 Å². The van der Waals surface area contributed by atoms with Crippen LogP contribution in [0.15, 0.2) is 42.7 Å². The molecule has 0 saturated carbocycles. The minimum absolute atomic E-state index is 0.193. The van der Waals surface area contributed by atoms with Gasteiger partial charge in [-0.05, 0) is 18.2 Å². The number of ketones is 1. The Morgan fingerprint density at radius 3 is 2.82 bits per heavy atom. The number of carbonyl (C=O) groups is 1. The van der Waals surface area contributed by atoms with Gasteiger partial charge in [-0.3, -0.25) is 9.48 Å². The predicted molar refractivity (Wildman–Crippen MR) is 63.0 cm³/mol. The Hall–Kier alpha value is -2.23. The van der Waals surface area contributed by atoms with Crippen LogP contribution in [0.25, 0.3) is 6.08 Å². The van der Waals surface area contributed by atoms with E-state index in [9.17, 15) is 9.18 Å². The number of rotatable bonds is 3. The number of benzene rings is 1. The van der Waals surface area contributed by atoms with Crippen molar-refractivity contribution in [1.29, 1.82) is 0 Å². The Morgan fingerprint density at radius 2 is 2.18 bits per heavy atom. The number of halogens is 1. The molecule has 0 amide bonds. The van der Waals surface area contributed by atoms with Crippen LogP contribution in [0.4, 0.5) is 4.39 Å². The summed E-state index contributed by atoms with van der Waals surface area (Å²) in [6, 6.07) is 6.30. The van der Waals surface area contributed by atoms with Crippen molar-refractivity contribution in [2.75, 3.05) is 0 Å². The van der Waals surface area contributed by atoms with E-state index in [1.165, 1.54) is 24.4 Å². The number of allylic oxidation sites excluding steroid dienone is 1. The average molecular weight is 230 g/mol. The summed E-state index contributed by atoms with van der Waals surface area (Å²) in [5, 5.41) is 3.90. The van der Waals surface area contributed by atoms with E-state index in [1.807, 2.05) is 0 Å². The fourth-order valence-corrected chi connectivity index (χ4v) is 1.42. The van der Waals surface area contributed by atoms with E-state index in [0.717, 1.165) is 0 Å². The van der Waals surface area contributed by atoms with Crippen LogP contribution >= 0.6 is 0 Å². The van der Waals surface area contributed by atoms with E-state index >= 15 is 0 Å². The Kier molecular flexibility index (Phi) is 3.14. The third-order valence-corrected chi connectivity index (χ3v) is 2.31. The predicted octanol–water partition coefficient (Wildman–Crippen LogP) is 2.46. The maximum Gasteiger partial charge on any atom is 0.189 e.